The molecule has 2 rings (SSSR count). The molecule has 2 unspecified atom stereocenters. The number of aryl methyl sites for hydroxylation is 2. The highest BCUT2D eigenvalue weighted by atomic mass is 32.2. The van der Waals surface area contributed by atoms with Gasteiger partial charge in [-0.1, -0.05) is 0 Å². The zero-order valence-electron chi connectivity index (χ0n) is 12.6. The van der Waals surface area contributed by atoms with Gasteiger partial charge in [-0.25, -0.2) is 9.50 Å². The van der Waals surface area contributed by atoms with Crippen molar-refractivity contribution in [3.63, 3.8) is 0 Å². The summed E-state index contributed by atoms with van der Waals surface area (Å²) < 4.78 is 1.66. The maximum Gasteiger partial charge on any atom is 0.257 e. The fourth-order valence-corrected chi connectivity index (χ4v) is 2.87. The van der Waals surface area contributed by atoms with Crippen LogP contribution >= 0.6 is 11.8 Å². The number of carbonyl (C=O) groups is 1. The van der Waals surface area contributed by atoms with E-state index in [2.05, 4.69) is 15.4 Å². The predicted molar refractivity (Wildman–Crippen MR) is 83.8 cm³/mol. The van der Waals surface area contributed by atoms with Crippen molar-refractivity contribution in [2.45, 2.75) is 32.1 Å². The van der Waals surface area contributed by atoms with Gasteiger partial charge in [0.15, 0.2) is 5.65 Å². The molecule has 2 aromatic heterocycles. The highest BCUT2D eigenvalue weighted by Crippen LogP contribution is 2.14. The second kappa shape index (κ2) is 6.44. The molecule has 7 heteroatoms. The van der Waals surface area contributed by atoms with E-state index < -0.39 is 0 Å². The Morgan fingerprint density at radius 2 is 2.24 bits per heavy atom. The Labute approximate surface area is 128 Å². The normalized spacial score (nSPS) is 14.1. The molecule has 2 atom stereocenters. The van der Waals surface area contributed by atoms with Crippen LogP contribution in [0.5, 0.6) is 0 Å². The summed E-state index contributed by atoms with van der Waals surface area (Å²) in [6.45, 7) is 5.72. The van der Waals surface area contributed by atoms with Crippen LogP contribution < -0.4 is 5.32 Å². The lowest BCUT2D eigenvalue weighted by Crippen LogP contribution is -2.41. The van der Waals surface area contributed by atoms with Crippen molar-refractivity contribution in [3.8, 4) is 0 Å². The lowest BCUT2D eigenvalue weighted by molar-refractivity contribution is 0.0937. The Balaban J connectivity index is 2.28. The Bertz CT molecular complexity index is 652. The molecule has 0 radical (unpaired) electrons. The van der Waals surface area contributed by atoms with Crippen molar-refractivity contribution >= 4 is 23.3 Å². The van der Waals surface area contributed by atoms with Gasteiger partial charge in [0.05, 0.1) is 12.8 Å². The third-order valence-electron chi connectivity index (χ3n) is 3.42. The SMILES string of the molecule is CSC(CO)C(C)NC(=O)c1cnn2c(C)cc(C)nc12. The minimum atomic E-state index is -0.220. The highest BCUT2D eigenvalue weighted by molar-refractivity contribution is 7.99. The number of aromatic nitrogens is 3. The number of carbonyl (C=O) groups excluding carboxylic acids is 1. The van der Waals surface area contributed by atoms with Gasteiger partial charge in [-0.3, -0.25) is 4.79 Å². The van der Waals surface area contributed by atoms with Crippen LogP contribution in [-0.2, 0) is 0 Å². The average Bonchev–Trinajstić information content (AvgIpc) is 2.84. The molecule has 21 heavy (non-hydrogen) atoms. The molecule has 0 saturated carbocycles. The van der Waals surface area contributed by atoms with E-state index in [1.54, 1.807) is 4.52 Å². The summed E-state index contributed by atoms with van der Waals surface area (Å²) in [6, 6.07) is 1.78. The number of aliphatic hydroxyl groups is 1. The summed E-state index contributed by atoms with van der Waals surface area (Å²) in [5.41, 5.74) is 2.79. The van der Waals surface area contributed by atoms with Crippen molar-refractivity contribution in [1.29, 1.82) is 0 Å². The molecule has 0 aliphatic rings. The van der Waals surface area contributed by atoms with Gasteiger partial charge in [0.25, 0.3) is 5.91 Å². The monoisotopic (exact) mass is 308 g/mol. The molecule has 1 amide bonds. The number of hydrogen-bond donors (Lipinski definition) is 2. The molecule has 0 fully saturated rings. The minimum Gasteiger partial charge on any atom is -0.395 e. The summed E-state index contributed by atoms with van der Waals surface area (Å²) in [5.74, 6) is -0.220. The Morgan fingerprint density at radius 3 is 2.86 bits per heavy atom. The molecular formula is C14H20N4O2S. The van der Waals surface area contributed by atoms with Crippen LogP contribution in [0.25, 0.3) is 5.65 Å². The molecule has 0 bridgehead atoms. The third kappa shape index (κ3) is 3.19. The van der Waals surface area contributed by atoms with E-state index in [1.807, 2.05) is 33.1 Å². The Kier molecular flexibility index (Phi) is 4.84. The van der Waals surface area contributed by atoms with Crippen LogP contribution in [0.1, 0.15) is 28.7 Å². The maximum atomic E-state index is 12.4. The van der Waals surface area contributed by atoms with Gasteiger partial charge >= 0.3 is 0 Å². The first-order valence-electron chi connectivity index (χ1n) is 6.74. The van der Waals surface area contributed by atoms with E-state index in [9.17, 15) is 9.90 Å². The number of hydrogen-bond acceptors (Lipinski definition) is 5. The molecule has 0 saturated heterocycles. The number of amides is 1. The van der Waals surface area contributed by atoms with Gasteiger partial charge < -0.3 is 10.4 Å². The first-order valence-corrected chi connectivity index (χ1v) is 8.03. The van der Waals surface area contributed by atoms with Crippen molar-refractivity contribution in [2.75, 3.05) is 12.9 Å². The van der Waals surface area contributed by atoms with E-state index in [1.165, 1.54) is 18.0 Å². The summed E-state index contributed by atoms with van der Waals surface area (Å²) >= 11 is 1.52. The molecule has 0 spiro atoms. The highest BCUT2D eigenvalue weighted by Gasteiger charge is 2.21. The fraction of sp³-hybridized carbons (Fsp3) is 0.500. The second-order valence-corrected chi connectivity index (χ2v) is 6.13. The third-order valence-corrected chi connectivity index (χ3v) is 4.58. The van der Waals surface area contributed by atoms with E-state index in [4.69, 9.17) is 0 Å². The average molecular weight is 308 g/mol. The maximum absolute atomic E-state index is 12.4. The number of thioether (sulfide) groups is 1. The largest absolute Gasteiger partial charge is 0.395 e. The van der Waals surface area contributed by atoms with Crippen molar-refractivity contribution in [1.82, 2.24) is 19.9 Å². The van der Waals surface area contributed by atoms with Crippen LogP contribution in [0.4, 0.5) is 0 Å². The number of rotatable bonds is 5. The van der Waals surface area contributed by atoms with E-state index in [0.717, 1.165) is 11.4 Å². The molecule has 0 aromatic carbocycles. The molecular weight excluding hydrogens is 288 g/mol. The van der Waals surface area contributed by atoms with Crippen LogP contribution in [-0.4, -0.2) is 49.8 Å². The summed E-state index contributed by atoms with van der Waals surface area (Å²) in [6.07, 6.45) is 3.44. The standard InChI is InChI=1S/C14H20N4O2S/c1-8-5-9(2)18-13(16-8)11(6-15-18)14(20)17-10(3)12(7-19)21-4/h5-6,10,12,19H,7H2,1-4H3,(H,17,20). The van der Waals surface area contributed by atoms with Gasteiger partial charge in [0.1, 0.15) is 5.56 Å². The van der Waals surface area contributed by atoms with Crippen molar-refractivity contribution in [3.05, 3.63) is 29.2 Å². The minimum absolute atomic E-state index is 0.0217. The topological polar surface area (TPSA) is 79.5 Å². The fourth-order valence-electron chi connectivity index (χ4n) is 2.24. The van der Waals surface area contributed by atoms with Crippen LogP contribution in [0.15, 0.2) is 12.3 Å². The Hall–Kier alpha value is -1.60. The van der Waals surface area contributed by atoms with Crippen LogP contribution in [0, 0.1) is 13.8 Å². The van der Waals surface area contributed by atoms with Crippen molar-refractivity contribution < 1.29 is 9.90 Å². The molecule has 0 aliphatic heterocycles. The molecule has 2 N–H and O–H groups in total. The van der Waals surface area contributed by atoms with Gasteiger partial charge in [0, 0.05) is 22.7 Å². The number of nitrogens with one attached hydrogen (secondary N) is 1. The van der Waals surface area contributed by atoms with E-state index >= 15 is 0 Å². The van der Waals surface area contributed by atoms with Crippen LogP contribution in [0.3, 0.4) is 0 Å². The van der Waals surface area contributed by atoms with E-state index in [-0.39, 0.29) is 23.8 Å². The number of nitrogens with zero attached hydrogens (tertiary/aromatic N) is 3. The first kappa shape index (κ1) is 15.8. The molecule has 2 aromatic rings. The second-order valence-electron chi connectivity index (χ2n) is 5.05. The van der Waals surface area contributed by atoms with Gasteiger partial charge in [-0.2, -0.15) is 16.9 Å². The summed E-state index contributed by atoms with van der Waals surface area (Å²) in [5, 5.41) is 16.4. The molecule has 114 valence electrons. The molecule has 0 aliphatic carbocycles. The van der Waals surface area contributed by atoms with E-state index in [0.29, 0.717) is 11.2 Å². The number of fused-ring (bicyclic) bond motifs is 1. The van der Waals surface area contributed by atoms with Gasteiger partial charge in [-0.05, 0) is 33.1 Å². The van der Waals surface area contributed by atoms with Crippen LogP contribution in [0.2, 0.25) is 0 Å². The molecule has 6 nitrogen and oxygen atoms in total. The summed E-state index contributed by atoms with van der Waals surface area (Å²) in [4.78, 5) is 16.8. The molecule has 2 heterocycles. The predicted octanol–water partition coefficient (Wildman–Crippen LogP) is 1.19. The quantitative estimate of drug-likeness (QED) is 0.867. The smallest absolute Gasteiger partial charge is 0.257 e. The number of aliphatic hydroxyl groups excluding tert-OH is 1. The van der Waals surface area contributed by atoms with Gasteiger partial charge in [-0.15, -0.1) is 0 Å². The lowest BCUT2D eigenvalue weighted by Gasteiger charge is -2.20. The zero-order valence-corrected chi connectivity index (χ0v) is 13.4. The summed E-state index contributed by atoms with van der Waals surface area (Å²) in [7, 11) is 0. The van der Waals surface area contributed by atoms with Crippen molar-refractivity contribution in [2.24, 2.45) is 0 Å². The first-order chi connectivity index (χ1) is 9.97. The Morgan fingerprint density at radius 1 is 1.52 bits per heavy atom. The van der Waals surface area contributed by atoms with Gasteiger partial charge in [0.2, 0.25) is 0 Å². The zero-order chi connectivity index (χ0) is 15.6. The lowest BCUT2D eigenvalue weighted by atomic mass is 10.2.